The molecular formula is C31H36O18. The van der Waals surface area contributed by atoms with Crippen molar-refractivity contribution in [1.82, 2.24) is 0 Å². The zero-order chi connectivity index (χ0) is 35.3. The Morgan fingerprint density at radius 3 is 2.04 bits per heavy atom. The summed E-state index contributed by atoms with van der Waals surface area (Å²) in [6, 6.07) is 7.78. The molecule has 3 fully saturated rings. The molecule has 3 saturated heterocycles. The predicted molar refractivity (Wildman–Crippen MR) is 159 cm³/mol. The van der Waals surface area contributed by atoms with Crippen molar-refractivity contribution in [2.75, 3.05) is 19.8 Å². The Bertz CT molecular complexity index is 1680. The lowest BCUT2D eigenvalue weighted by Crippen LogP contribution is -2.62. The van der Waals surface area contributed by atoms with Gasteiger partial charge in [0.05, 0.1) is 25.4 Å². The van der Waals surface area contributed by atoms with E-state index in [1.54, 1.807) is 0 Å². The van der Waals surface area contributed by atoms with Crippen LogP contribution in [0.3, 0.4) is 0 Å². The number of hydrogen-bond acceptors (Lipinski definition) is 18. The summed E-state index contributed by atoms with van der Waals surface area (Å²) in [6.07, 6.45) is -22.0. The summed E-state index contributed by atoms with van der Waals surface area (Å²) in [4.78, 5) is 13.4. The largest absolute Gasteiger partial charge is 0.508 e. The van der Waals surface area contributed by atoms with E-state index in [2.05, 4.69) is 0 Å². The van der Waals surface area contributed by atoms with Crippen LogP contribution in [-0.4, -0.2) is 150 Å². The van der Waals surface area contributed by atoms with Crippen molar-refractivity contribution in [2.45, 2.75) is 79.7 Å². The monoisotopic (exact) mass is 696 g/mol. The number of benzene rings is 2. The highest BCUT2D eigenvalue weighted by Crippen LogP contribution is 2.45. The summed E-state index contributed by atoms with van der Waals surface area (Å²) in [5.74, 6) is -1.34. The Balaban J connectivity index is 1.47. The maximum Gasteiger partial charge on any atom is 0.229 e. The zero-order valence-electron chi connectivity index (χ0n) is 25.4. The standard InChI is InChI=1S/C31H36O18/c32-7-17-22(38)26(42)29(49-30-27(43)23(39)18(8-33)47-30)31(48-17)46-16-6-15-19(12(35)5-14(45-15)10-1-3-11(34)4-2-10)24(40)20(16)28-25(41)21(37)13(36)9-44-28/h1-6,13,17-18,21-23,25-34,36-43H,7-9H2/t13-,17+,18+,21-,22+,23+,25+,26-,27-,28-,29+,30+,31+/m0/s1. The second-order valence-electron chi connectivity index (χ2n) is 12.0. The van der Waals surface area contributed by atoms with E-state index in [0.29, 0.717) is 5.56 Å². The van der Waals surface area contributed by atoms with E-state index in [1.165, 1.54) is 24.3 Å². The molecule has 268 valence electrons. The summed E-state index contributed by atoms with van der Waals surface area (Å²) >= 11 is 0. The van der Waals surface area contributed by atoms with Crippen LogP contribution < -0.4 is 10.2 Å². The molecule has 0 bridgehead atoms. The number of fused-ring (bicyclic) bond motifs is 1. The van der Waals surface area contributed by atoms with Gasteiger partial charge in [-0.3, -0.25) is 4.79 Å². The molecule has 3 aliphatic heterocycles. The molecule has 0 radical (unpaired) electrons. The van der Waals surface area contributed by atoms with Gasteiger partial charge in [-0.05, 0) is 24.3 Å². The number of aliphatic hydroxyl groups excluding tert-OH is 9. The number of aliphatic hydroxyl groups is 9. The van der Waals surface area contributed by atoms with E-state index in [4.69, 9.17) is 28.1 Å². The maximum atomic E-state index is 13.4. The van der Waals surface area contributed by atoms with Crippen molar-refractivity contribution in [3.05, 3.63) is 52.2 Å². The Labute approximate surface area is 275 Å². The van der Waals surface area contributed by atoms with Gasteiger partial charge in [-0.1, -0.05) is 0 Å². The number of hydrogen-bond donors (Lipinski definition) is 11. The van der Waals surface area contributed by atoms with Crippen molar-refractivity contribution in [3.8, 4) is 28.6 Å². The molecule has 0 unspecified atom stereocenters. The third-order valence-electron chi connectivity index (χ3n) is 8.79. The van der Waals surface area contributed by atoms with Gasteiger partial charge in [0.25, 0.3) is 0 Å². The van der Waals surface area contributed by atoms with Crippen molar-refractivity contribution in [1.29, 1.82) is 0 Å². The van der Waals surface area contributed by atoms with Crippen LogP contribution in [0.15, 0.2) is 45.6 Å². The van der Waals surface area contributed by atoms with Crippen molar-refractivity contribution >= 4 is 11.0 Å². The van der Waals surface area contributed by atoms with Crippen molar-refractivity contribution in [2.24, 2.45) is 0 Å². The van der Waals surface area contributed by atoms with Crippen LogP contribution in [0, 0.1) is 0 Å². The molecule has 18 heteroatoms. The van der Waals surface area contributed by atoms with E-state index in [0.717, 1.165) is 12.1 Å². The number of phenolic OH excluding ortho intramolecular Hbond substituents is 2. The molecule has 6 rings (SSSR count). The number of phenols is 2. The van der Waals surface area contributed by atoms with E-state index in [9.17, 15) is 61.0 Å². The molecule has 0 saturated carbocycles. The Morgan fingerprint density at radius 2 is 1.39 bits per heavy atom. The van der Waals surface area contributed by atoms with Crippen LogP contribution in [0.2, 0.25) is 0 Å². The summed E-state index contributed by atoms with van der Waals surface area (Å²) in [5.41, 5.74) is -1.13. The average Bonchev–Trinajstić information content (AvgIpc) is 3.35. The van der Waals surface area contributed by atoms with Gasteiger partial charge in [0.2, 0.25) is 6.29 Å². The van der Waals surface area contributed by atoms with Gasteiger partial charge in [-0.15, -0.1) is 0 Å². The fourth-order valence-electron chi connectivity index (χ4n) is 6.05. The highest BCUT2D eigenvalue weighted by Gasteiger charge is 2.52. The average molecular weight is 697 g/mol. The lowest BCUT2D eigenvalue weighted by molar-refractivity contribution is -0.321. The third-order valence-corrected chi connectivity index (χ3v) is 8.79. The van der Waals surface area contributed by atoms with Crippen LogP contribution in [0.1, 0.15) is 11.7 Å². The van der Waals surface area contributed by atoms with Gasteiger partial charge in [0.15, 0.2) is 17.8 Å². The first kappa shape index (κ1) is 35.4. The van der Waals surface area contributed by atoms with Crippen LogP contribution in [0.25, 0.3) is 22.3 Å². The molecule has 18 nitrogen and oxygen atoms in total. The molecule has 11 N–H and O–H groups in total. The minimum atomic E-state index is -1.91. The fraction of sp³-hybridized carbons (Fsp3) is 0.516. The molecule has 3 aromatic rings. The molecule has 3 aliphatic rings. The van der Waals surface area contributed by atoms with Gasteiger partial charge in [-0.25, -0.2) is 0 Å². The number of rotatable bonds is 8. The summed E-state index contributed by atoms with van der Waals surface area (Å²) < 4.78 is 34.3. The van der Waals surface area contributed by atoms with E-state index in [1.807, 2.05) is 0 Å². The molecular weight excluding hydrogens is 660 g/mol. The fourth-order valence-corrected chi connectivity index (χ4v) is 6.05. The highest BCUT2D eigenvalue weighted by atomic mass is 16.8. The first-order valence-corrected chi connectivity index (χ1v) is 15.2. The van der Waals surface area contributed by atoms with Gasteiger partial charge < -0.3 is 84.3 Å². The predicted octanol–water partition coefficient (Wildman–Crippen LogP) is -3.33. The molecule has 2 aromatic carbocycles. The molecule has 0 aliphatic carbocycles. The molecule has 0 spiro atoms. The quantitative estimate of drug-likeness (QED) is 0.110. The van der Waals surface area contributed by atoms with Crippen LogP contribution in [0.4, 0.5) is 0 Å². The summed E-state index contributed by atoms with van der Waals surface area (Å²) in [7, 11) is 0. The Kier molecular flexibility index (Phi) is 10.1. The van der Waals surface area contributed by atoms with Gasteiger partial charge in [0.1, 0.15) is 95.0 Å². The SMILES string of the molecule is O=c1cc(-c2ccc(O)cc2)oc2cc(O[C@@H]3O[C@H](CO)[C@@H](O)[C@H](O)[C@H]3O[C@H]3O[C@H](CO)[C@@H](O)[C@@H]3O)c([C@@H]3OC[C@H](O)[C@H](O)[C@H]3O)c(O)c12. The highest BCUT2D eigenvalue weighted by molar-refractivity contribution is 5.88. The van der Waals surface area contributed by atoms with Gasteiger partial charge in [-0.2, -0.15) is 0 Å². The van der Waals surface area contributed by atoms with E-state index in [-0.39, 0.29) is 17.1 Å². The second-order valence-corrected chi connectivity index (χ2v) is 12.0. The number of ether oxygens (including phenoxy) is 5. The zero-order valence-corrected chi connectivity index (χ0v) is 25.4. The van der Waals surface area contributed by atoms with Crippen LogP contribution >= 0.6 is 0 Å². The van der Waals surface area contributed by atoms with Gasteiger partial charge >= 0.3 is 0 Å². The third kappa shape index (κ3) is 6.48. The van der Waals surface area contributed by atoms with E-state index < -0.39 is 127 Å². The van der Waals surface area contributed by atoms with Crippen LogP contribution in [0.5, 0.6) is 17.2 Å². The molecule has 4 heterocycles. The number of aromatic hydroxyl groups is 2. The topological polar surface area (TPSA) is 299 Å². The summed E-state index contributed by atoms with van der Waals surface area (Å²) in [6.45, 7) is -2.07. The Morgan fingerprint density at radius 1 is 0.755 bits per heavy atom. The van der Waals surface area contributed by atoms with Crippen LogP contribution in [-0.2, 0) is 18.9 Å². The lowest BCUT2D eigenvalue weighted by Gasteiger charge is -2.43. The van der Waals surface area contributed by atoms with Gasteiger partial charge in [0, 0.05) is 17.7 Å². The summed E-state index contributed by atoms with van der Waals surface area (Å²) in [5, 5.41) is 114. The molecule has 49 heavy (non-hydrogen) atoms. The maximum absolute atomic E-state index is 13.4. The van der Waals surface area contributed by atoms with E-state index >= 15 is 0 Å². The minimum Gasteiger partial charge on any atom is -0.508 e. The first-order valence-electron chi connectivity index (χ1n) is 15.2. The smallest absolute Gasteiger partial charge is 0.229 e. The van der Waals surface area contributed by atoms with Crippen molar-refractivity contribution in [3.63, 3.8) is 0 Å². The van der Waals surface area contributed by atoms with Crippen molar-refractivity contribution < 1.29 is 84.3 Å². The first-order chi connectivity index (χ1) is 23.3. The molecule has 1 aromatic heterocycles. The second kappa shape index (κ2) is 14.0. The Hall–Kier alpha value is -3.47. The minimum absolute atomic E-state index is 0.00137. The normalized spacial score (nSPS) is 36.6. The molecule has 13 atom stereocenters. The molecule has 0 amide bonds. The lowest BCUT2D eigenvalue weighted by atomic mass is 9.92.